The van der Waals surface area contributed by atoms with Crippen molar-refractivity contribution in [1.82, 2.24) is 15.2 Å². The third-order valence-corrected chi connectivity index (χ3v) is 3.45. The van der Waals surface area contributed by atoms with Crippen LogP contribution >= 0.6 is 11.6 Å². The van der Waals surface area contributed by atoms with Gasteiger partial charge in [0, 0.05) is 17.4 Å². The van der Waals surface area contributed by atoms with Crippen molar-refractivity contribution in [3.05, 3.63) is 34.7 Å². The number of hydrogen-bond acceptors (Lipinski definition) is 3. The Hall–Kier alpha value is -2.08. The van der Waals surface area contributed by atoms with Gasteiger partial charge in [0.15, 0.2) is 0 Å². The molecule has 0 spiro atoms. The van der Waals surface area contributed by atoms with Gasteiger partial charge in [-0.05, 0) is 37.3 Å². The molecule has 0 aromatic carbocycles. The van der Waals surface area contributed by atoms with Gasteiger partial charge in [0.2, 0.25) is 0 Å². The van der Waals surface area contributed by atoms with Crippen LogP contribution in [0.25, 0.3) is 0 Å². The summed E-state index contributed by atoms with van der Waals surface area (Å²) in [5.41, 5.74) is 2.54. The van der Waals surface area contributed by atoms with E-state index in [2.05, 4.69) is 25.8 Å². The summed E-state index contributed by atoms with van der Waals surface area (Å²) in [6.45, 7) is 1.85. The zero-order chi connectivity index (χ0) is 14.1. The number of aromatic amines is 1. The van der Waals surface area contributed by atoms with Gasteiger partial charge in [0.25, 0.3) is 0 Å². The van der Waals surface area contributed by atoms with Crippen molar-refractivity contribution in [2.45, 2.75) is 25.7 Å². The van der Waals surface area contributed by atoms with E-state index in [1.807, 2.05) is 6.92 Å². The highest BCUT2D eigenvalue weighted by molar-refractivity contribution is 6.29. The molecule has 2 heterocycles. The molecule has 0 atom stereocenters. The molecule has 0 unspecified atom stereocenters. The Bertz CT molecular complexity index is 650. The number of H-pyrrole nitrogens is 1. The summed E-state index contributed by atoms with van der Waals surface area (Å²) in [6, 6.07) is 1.28. The smallest absolute Gasteiger partial charge is 0.307 e. The van der Waals surface area contributed by atoms with E-state index in [9.17, 15) is 4.79 Å². The minimum Gasteiger partial charge on any atom is -0.307 e. The second kappa shape index (κ2) is 5.13. The number of halogens is 1. The van der Waals surface area contributed by atoms with Gasteiger partial charge in [0.05, 0.1) is 6.20 Å². The molecule has 0 bridgehead atoms. The first-order chi connectivity index (χ1) is 9.63. The molecule has 0 saturated heterocycles. The van der Waals surface area contributed by atoms with Crippen molar-refractivity contribution in [2.24, 2.45) is 0 Å². The minimum atomic E-state index is -0.332. The number of anilines is 2. The van der Waals surface area contributed by atoms with Crippen LogP contribution in [-0.2, 0) is 0 Å². The van der Waals surface area contributed by atoms with Crippen LogP contribution in [0.4, 0.5) is 16.3 Å². The third-order valence-electron chi connectivity index (χ3n) is 3.24. The Labute approximate surface area is 120 Å². The molecule has 2 aromatic rings. The molecule has 1 aliphatic carbocycles. The Morgan fingerprint density at radius 1 is 1.40 bits per heavy atom. The van der Waals surface area contributed by atoms with Gasteiger partial charge in [-0.25, -0.2) is 9.78 Å². The molecule has 104 valence electrons. The topological polar surface area (TPSA) is 82.7 Å². The monoisotopic (exact) mass is 291 g/mol. The Morgan fingerprint density at radius 2 is 2.20 bits per heavy atom. The Morgan fingerprint density at radius 3 is 2.95 bits per heavy atom. The quantitative estimate of drug-likeness (QED) is 0.759. The summed E-state index contributed by atoms with van der Waals surface area (Å²) in [6.07, 6.45) is 5.68. The fourth-order valence-corrected chi connectivity index (χ4v) is 2.16. The number of nitrogens with one attached hydrogen (secondary N) is 3. The molecule has 0 aliphatic heterocycles. The molecule has 2 amide bonds. The van der Waals surface area contributed by atoms with Crippen LogP contribution < -0.4 is 10.6 Å². The first-order valence-corrected chi connectivity index (χ1v) is 6.74. The molecular weight excluding hydrogens is 278 g/mol. The lowest BCUT2D eigenvalue weighted by Gasteiger charge is -2.09. The average Bonchev–Trinajstić information content (AvgIpc) is 3.15. The number of urea groups is 1. The number of amides is 2. The summed E-state index contributed by atoms with van der Waals surface area (Å²) in [5, 5.41) is 12.7. The number of carbonyl (C=O) groups excluding carboxylic acids is 1. The van der Waals surface area contributed by atoms with E-state index < -0.39 is 0 Å². The second-order valence-corrected chi connectivity index (χ2v) is 5.26. The zero-order valence-corrected chi connectivity index (χ0v) is 11.7. The normalized spacial score (nSPS) is 14.1. The maximum Gasteiger partial charge on any atom is 0.324 e. The Balaban J connectivity index is 1.70. The van der Waals surface area contributed by atoms with Gasteiger partial charge in [-0.15, -0.1) is 0 Å². The van der Waals surface area contributed by atoms with E-state index >= 15 is 0 Å². The van der Waals surface area contributed by atoms with Crippen LogP contribution in [-0.4, -0.2) is 21.2 Å². The zero-order valence-electron chi connectivity index (χ0n) is 10.9. The van der Waals surface area contributed by atoms with Gasteiger partial charge in [-0.2, -0.15) is 5.10 Å². The summed E-state index contributed by atoms with van der Waals surface area (Å²) in [7, 11) is 0. The third kappa shape index (κ3) is 2.75. The van der Waals surface area contributed by atoms with E-state index in [1.54, 1.807) is 18.5 Å². The van der Waals surface area contributed by atoms with Gasteiger partial charge < -0.3 is 5.32 Å². The largest absolute Gasteiger partial charge is 0.324 e. The Kier molecular flexibility index (Phi) is 3.31. The summed E-state index contributed by atoms with van der Waals surface area (Å²) in [4.78, 5) is 16.0. The van der Waals surface area contributed by atoms with Crippen LogP contribution in [0.15, 0.2) is 18.5 Å². The molecule has 3 rings (SSSR count). The number of pyridine rings is 1. The van der Waals surface area contributed by atoms with Crippen LogP contribution in [0.1, 0.15) is 29.9 Å². The minimum absolute atomic E-state index is 0.332. The SMILES string of the molecule is Cc1cnc(Cl)cc1NC(=O)Nc1[nH]ncc1C1CC1. The van der Waals surface area contributed by atoms with Crippen LogP contribution in [0.3, 0.4) is 0 Å². The molecule has 6 nitrogen and oxygen atoms in total. The summed E-state index contributed by atoms with van der Waals surface area (Å²) < 4.78 is 0. The summed E-state index contributed by atoms with van der Waals surface area (Å²) in [5.74, 6) is 1.17. The molecule has 20 heavy (non-hydrogen) atoms. The standard InChI is InChI=1S/C13H14ClN5O/c1-7-5-15-11(14)4-10(7)17-13(20)18-12-9(6-16-19-12)8-2-3-8/h4-6,8H,2-3H2,1H3,(H3,15,16,17,18,19,20). The first-order valence-electron chi connectivity index (χ1n) is 6.37. The molecule has 7 heteroatoms. The lowest BCUT2D eigenvalue weighted by molar-refractivity contribution is 0.262. The molecule has 0 radical (unpaired) electrons. The maximum atomic E-state index is 12.0. The van der Waals surface area contributed by atoms with Crippen LogP contribution in [0, 0.1) is 6.92 Å². The predicted molar refractivity (Wildman–Crippen MR) is 77.2 cm³/mol. The number of carbonyl (C=O) groups is 1. The van der Waals surface area contributed by atoms with E-state index in [4.69, 9.17) is 11.6 Å². The van der Waals surface area contributed by atoms with Crippen molar-refractivity contribution in [3.63, 3.8) is 0 Å². The number of aryl methyl sites for hydroxylation is 1. The lowest BCUT2D eigenvalue weighted by atomic mass is 10.2. The fourth-order valence-electron chi connectivity index (χ4n) is 2.00. The van der Waals surface area contributed by atoms with Crippen molar-refractivity contribution in [3.8, 4) is 0 Å². The molecule has 2 aromatic heterocycles. The van der Waals surface area contributed by atoms with Gasteiger partial charge in [-0.1, -0.05) is 11.6 Å². The van der Waals surface area contributed by atoms with E-state index in [1.165, 1.54) is 0 Å². The highest BCUT2D eigenvalue weighted by atomic mass is 35.5. The van der Waals surface area contributed by atoms with Crippen molar-refractivity contribution < 1.29 is 4.79 Å². The van der Waals surface area contributed by atoms with Gasteiger partial charge >= 0.3 is 6.03 Å². The van der Waals surface area contributed by atoms with Crippen molar-refractivity contribution >= 4 is 29.1 Å². The van der Waals surface area contributed by atoms with Crippen LogP contribution in [0.5, 0.6) is 0 Å². The first kappa shape index (κ1) is 12.9. The highest BCUT2D eigenvalue weighted by Gasteiger charge is 2.28. The second-order valence-electron chi connectivity index (χ2n) is 4.88. The highest BCUT2D eigenvalue weighted by Crippen LogP contribution is 2.42. The van der Waals surface area contributed by atoms with Crippen LogP contribution in [0.2, 0.25) is 5.15 Å². The maximum absolute atomic E-state index is 12.0. The summed E-state index contributed by atoms with van der Waals surface area (Å²) >= 11 is 5.82. The van der Waals surface area contributed by atoms with Gasteiger partial charge in [0.1, 0.15) is 11.0 Å². The predicted octanol–water partition coefficient (Wildman–Crippen LogP) is 3.29. The molecular formula is C13H14ClN5O. The van der Waals surface area contributed by atoms with E-state index in [-0.39, 0.29) is 6.03 Å². The van der Waals surface area contributed by atoms with Crippen molar-refractivity contribution in [2.75, 3.05) is 10.6 Å². The number of aromatic nitrogens is 3. The molecule has 1 fully saturated rings. The average molecular weight is 292 g/mol. The molecule has 3 N–H and O–H groups in total. The van der Waals surface area contributed by atoms with Crippen molar-refractivity contribution in [1.29, 1.82) is 0 Å². The molecule has 1 aliphatic rings. The number of hydrogen-bond donors (Lipinski definition) is 3. The van der Waals surface area contributed by atoms with E-state index in [0.29, 0.717) is 22.6 Å². The number of nitrogens with zero attached hydrogens (tertiary/aromatic N) is 2. The lowest BCUT2D eigenvalue weighted by Crippen LogP contribution is -2.21. The molecule has 1 saturated carbocycles. The number of rotatable bonds is 3. The van der Waals surface area contributed by atoms with E-state index in [0.717, 1.165) is 24.0 Å². The fraction of sp³-hybridized carbons (Fsp3) is 0.308. The van der Waals surface area contributed by atoms with Gasteiger partial charge in [-0.3, -0.25) is 10.4 Å².